The van der Waals surface area contributed by atoms with Crippen molar-refractivity contribution in [3.8, 4) is 23.2 Å². The summed E-state index contributed by atoms with van der Waals surface area (Å²) in [6.45, 7) is 6.74. The number of hydrogen-bond donors (Lipinski definition) is 0. The molecule has 0 spiro atoms. The van der Waals surface area contributed by atoms with Crippen LogP contribution in [-0.4, -0.2) is 82.6 Å². The van der Waals surface area contributed by atoms with Crippen LogP contribution in [0.15, 0.2) is 43.1 Å². The van der Waals surface area contributed by atoms with Crippen molar-refractivity contribution in [1.82, 2.24) is 24.8 Å². The molecule has 4 heterocycles. The first-order valence-corrected chi connectivity index (χ1v) is 14.7. The maximum absolute atomic E-state index is 12.5. The summed E-state index contributed by atoms with van der Waals surface area (Å²) in [6, 6.07) is 11.3. The van der Waals surface area contributed by atoms with Gasteiger partial charge in [-0.1, -0.05) is 24.8 Å². The van der Waals surface area contributed by atoms with Crippen LogP contribution in [0, 0.1) is 11.3 Å². The number of fused-ring (bicyclic) bond motifs is 2. The number of carbonyl (C=O) groups excluding carboxylic acids is 1. The van der Waals surface area contributed by atoms with Crippen LogP contribution in [0.2, 0.25) is 0 Å². The van der Waals surface area contributed by atoms with E-state index >= 15 is 0 Å². The first kappa shape index (κ1) is 27.2. The van der Waals surface area contributed by atoms with E-state index in [-0.39, 0.29) is 18.4 Å². The quantitative estimate of drug-likeness (QED) is 0.404. The van der Waals surface area contributed by atoms with E-state index < -0.39 is 0 Å². The molecule has 2 fully saturated rings. The van der Waals surface area contributed by atoms with Gasteiger partial charge in [0.2, 0.25) is 5.91 Å². The van der Waals surface area contributed by atoms with Crippen LogP contribution in [0.3, 0.4) is 0 Å². The summed E-state index contributed by atoms with van der Waals surface area (Å²) in [6.07, 6.45) is 10.4. The van der Waals surface area contributed by atoms with E-state index in [1.807, 2.05) is 6.20 Å². The van der Waals surface area contributed by atoms with Crippen LogP contribution >= 0.6 is 0 Å². The minimum absolute atomic E-state index is 0.156. The molecule has 9 nitrogen and oxygen atoms in total. The fourth-order valence-electron chi connectivity index (χ4n) is 6.56. The van der Waals surface area contributed by atoms with Gasteiger partial charge in [0.15, 0.2) is 5.82 Å². The predicted octanol–water partition coefficient (Wildman–Crippen LogP) is 4.16. The molecule has 3 aliphatic rings. The molecule has 0 radical (unpaired) electrons. The molecule has 2 unspecified atom stereocenters. The van der Waals surface area contributed by atoms with Crippen molar-refractivity contribution in [3.05, 3.63) is 54.2 Å². The van der Waals surface area contributed by atoms with Crippen molar-refractivity contribution < 1.29 is 9.53 Å². The lowest BCUT2D eigenvalue weighted by atomic mass is 9.86. The molecule has 0 bridgehead atoms. The van der Waals surface area contributed by atoms with Gasteiger partial charge in [0.25, 0.3) is 0 Å². The van der Waals surface area contributed by atoms with E-state index in [1.54, 1.807) is 4.90 Å². The standard InChI is InChI=1S/C32H37N7O2/c1-3-29(40)39-17-16-38(20-24(39)13-14-33)31-30-28(35-32(36-31)41-21-25-10-7-15-37(25)2)18-23(19-34-30)27-12-6-9-22-8-4-5-11-26(22)27/h3,6,9,12,18-19,24-25H,1,4-5,7-8,10-11,13,15-17,20-21H2,2H3. The molecule has 0 saturated carbocycles. The molecule has 3 aromatic rings. The van der Waals surface area contributed by atoms with Gasteiger partial charge in [0, 0.05) is 37.4 Å². The SMILES string of the molecule is C=CC(=O)N1CCN(c2nc(OCC3CCCN3C)nc3cc(-c4cccc5c4CCCC5)cnc23)CC1CC#N. The molecular weight excluding hydrogens is 514 g/mol. The maximum atomic E-state index is 12.5. The number of nitrogens with zero attached hydrogens (tertiary/aromatic N) is 7. The van der Waals surface area contributed by atoms with Crippen LogP contribution in [0.25, 0.3) is 22.2 Å². The zero-order valence-corrected chi connectivity index (χ0v) is 23.8. The van der Waals surface area contributed by atoms with E-state index in [1.165, 1.54) is 35.6 Å². The second-order valence-corrected chi connectivity index (χ2v) is 11.4. The molecule has 41 heavy (non-hydrogen) atoms. The predicted molar refractivity (Wildman–Crippen MR) is 159 cm³/mol. The number of piperazine rings is 1. The summed E-state index contributed by atoms with van der Waals surface area (Å²) in [5, 5.41) is 9.49. The van der Waals surface area contributed by atoms with Gasteiger partial charge in [-0.05, 0) is 81.0 Å². The number of rotatable bonds is 7. The highest BCUT2D eigenvalue weighted by atomic mass is 16.5. The zero-order chi connectivity index (χ0) is 28.3. The summed E-state index contributed by atoms with van der Waals surface area (Å²) in [4.78, 5) is 33.3. The lowest BCUT2D eigenvalue weighted by Gasteiger charge is -2.40. The number of anilines is 1. The van der Waals surface area contributed by atoms with Crippen molar-refractivity contribution in [2.45, 2.75) is 57.0 Å². The van der Waals surface area contributed by atoms with Crippen LogP contribution in [0.4, 0.5) is 5.82 Å². The van der Waals surface area contributed by atoms with Crippen molar-refractivity contribution in [2.24, 2.45) is 0 Å². The van der Waals surface area contributed by atoms with Gasteiger partial charge in [-0.3, -0.25) is 9.78 Å². The lowest BCUT2D eigenvalue weighted by Crippen LogP contribution is -2.55. The number of likely N-dealkylation sites (N-methyl/N-ethyl adjacent to an activating group) is 1. The van der Waals surface area contributed by atoms with Crippen LogP contribution in [-0.2, 0) is 17.6 Å². The van der Waals surface area contributed by atoms with Gasteiger partial charge in [0.05, 0.1) is 24.0 Å². The molecule has 2 aliphatic heterocycles. The van der Waals surface area contributed by atoms with Crippen molar-refractivity contribution in [3.63, 3.8) is 0 Å². The van der Waals surface area contributed by atoms with Crippen LogP contribution in [0.1, 0.15) is 43.2 Å². The average molecular weight is 552 g/mol. The number of benzene rings is 1. The van der Waals surface area contributed by atoms with Crippen molar-refractivity contribution in [2.75, 3.05) is 44.7 Å². The molecule has 6 rings (SSSR count). The number of pyridine rings is 1. The number of carbonyl (C=O) groups is 1. The fourth-order valence-corrected chi connectivity index (χ4v) is 6.56. The molecule has 2 atom stereocenters. The van der Waals surface area contributed by atoms with Crippen LogP contribution < -0.4 is 9.64 Å². The van der Waals surface area contributed by atoms with Gasteiger partial charge in [-0.15, -0.1) is 0 Å². The largest absolute Gasteiger partial charge is 0.462 e. The number of amides is 1. The summed E-state index contributed by atoms with van der Waals surface area (Å²) < 4.78 is 6.24. The van der Waals surface area contributed by atoms with E-state index in [4.69, 9.17) is 19.7 Å². The van der Waals surface area contributed by atoms with Gasteiger partial charge < -0.3 is 19.4 Å². The van der Waals surface area contributed by atoms with E-state index in [0.717, 1.165) is 43.3 Å². The van der Waals surface area contributed by atoms with E-state index in [9.17, 15) is 10.1 Å². The second kappa shape index (κ2) is 11.8. The van der Waals surface area contributed by atoms with Gasteiger partial charge in [0.1, 0.15) is 12.1 Å². The second-order valence-electron chi connectivity index (χ2n) is 11.4. The fraction of sp³-hybridized carbons (Fsp3) is 0.469. The number of aryl methyl sites for hydroxylation is 1. The lowest BCUT2D eigenvalue weighted by molar-refractivity contribution is -0.128. The Labute approximate surface area is 241 Å². The zero-order valence-electron chi connectivity index (χ0n) is 23.8. The highest BCUT2D eigenvalue weighted by Gasteiger charge is 2.32. The smallest absolute Gasteiger partial charge is 0.319 e. The summed E-state index contributed by atoms with van der Waals surface area (Å²) >= 11 is 0. The van der Waals surface area contributed by atoms with Gasteiger partial charge >= 0.3 is 6.01 Å². The number of likely N-dealkylation sites (tertiary alicyclic amines) is 1. The minimum Gasteiger partial charge on any atom is -0.462 e. The summed E-state index contributed by atoms with van der Waals surface area (Å²) in [7, 11) is 2.13. The number of ether oxygens (including phenoxy) is 1. The highest BCUT2D eigenvalue weighted by Crippen LogP contribution is 2.34. The first-order valence-electron chi connectivity index (χ1n) is 14.7. The van der Waals surface area contributed by atoms with E-state index in [2.05, 4.69) is 53.8 Å². The molecule has 212 valence electrons. The summed E-state index contributed by atoms with van der Waals surface area (Å²) in [5.41, 5.74) is 6.54. The Hall–Kier alpha value is -4.03. The van der Waals surface area contributed by atoms with Crippen molar-refractivity contribution in [1.29, 1.82) is 5.26 Å². The van der Waals surface area contributed by atoms with E-state index in [0.29, 0.717) is 49.6 Å². The van der Waals surface area contributed by atoms with Gasteiger partial charge in [-0.2, -0.15) is 15.2 Å². The third-order valence-corrected chi connectivity index (χ3v) is 8.85. The Bertz CT molecular complexity index is 1500. The Morgan fingerprint density at radius 3 is 2.85 bits per heavy atom. The van der Waals surface area contributed by atoms with Crippen LogP contribution in [0.5, 0.6) is 6.01 Å². The first-order chi connectivity index (χ1) is 20.1. The molecule has 1 aliphatic carbocycles. The Kier molecular flexibility index (Phi) is 7.84. The summed E-state index contributed by atoms with van der Waals surface area (Å²) in [5.74, 6) is 0.524. The third-order valence-electron chi connectivity index (χ3n) is 8.85. The number of hydrogen-bond acceptors (Lipinski definition) is 8. The minimum atomic E-state index is -0.268. The molecule has 1 amide bonds. The third kappa shape index (κ3) is 5.49. The van der Waals surface area contributed by atoms with Gasteiger partial charge in [-0.25, -0.2) is 0 Å². The Morgan fingerprint density at radius 2 is 2.05 bits per heavy atom. The Morgan fingerprint density at radius 1 is 1.17 bits per heavy atom. The average Bonchev–Trinajstić information content (AvgIpc) is 3.43. The number of nitriles is 1. The molecule has 2 saturated heterocycles. The topological polar surface area (TPSA) is 98.5 Å². The normalized spacial score (nSPS) is 21.0. The molecule has 2 aromatic heterocycles. The highest BCUT2D eigenvalue weighted by molar-refractivity contribution is 5.90. The maximum Gasteiger partial charge on any atom is 0.319 e. The molecule has 9 heteroatoms. The molecule has 0 N–H and O–H groups in total. The molecular formula is C32H37N7O2. The number of aromatic nitrogens is 3. The molecule has 1 aromatic carbocycles. The van der Waals surface area contributed by atoms with Crippen molar-refractivity contribution >= 4 is 22.8 Å². The monoisotopic (exact) mass is 551 g/mol. The Balaban J connectivity index is 1.38.